The van der Waals surface area contributed by atoms with Crippen molar-refractivity contribution < 1.29 is 9.66 Å². The Labute approximate surface area is 160 Å². The Balaban J connectivity index is 1.72. The molecule has 0 aliphatic heterocycles. The average Bonchev–Trinajstić information content (AvgIpc) is 2.68. The standard InChI is InChI=1S/C19H15ClN4O3/c20-16-8-3-1-7-15(16)13-27-18-10-4-2-6-14(18)12-22-23-19-17(24(25)26)9-5-11-21-19/h1-12H,13H2,(H,21,23)/b22-12-. The number of aromatic nitrogens is 1. The Kier molecular flexibility index (Phi) is 5.96. The lowest BCUT2D eigenvalue weighted by atomic mass is 10.2. The van der Waals surface area contributed by atoms with E-state index in [1.54, 1.807) is 12.1 Å². The second-order valence-corrected chi connectivity index (χ2v) is 5.82. The number of rotatable bonds is 7. The number of hydrogen-bond acceptors (Lipinski definition) is 6. The highest BCUT2D eigenvalue weighted by molar-refractivity contribution is 6.31. The van der Waals surface area contributed by atoms with E-state index in [-0.39, 0.29) is 11.5 Å². The highest BCUT2D eigenvalue weighted by Crippen LogP contribution is 2.22. The molecule has 0 saturated carbocycles. The molecule has 3 rings (SSSR count). The van der Waals surface area contributed by atoms with Gasteiger partial charge in [0.05, 0.1) is 11.1 Å². The molecule has 0 fully saturated rings. The topological polar surface area (TPSA) is 89.7 Å². The third-order valence-electron chi connectivity index (χ3n) is 3.62. The molecule has 0 unspecified atom stereocenters. The van der Waals surface area contributed by atoms with Crippen LogP contribution in [-0.4, -0.2) is 16.1 Å². The number of nitrogens with one attached hydrogen (secondary N) is 1. The molecule has 1 heterocycles. The first-order valence-electron chi connectivity index (χ1n) is 7.99. The van der Waals surface area contributed by atoms with Gasteiger partial charge in [-0.1, -0.05) is 41.9 Å². The first kappa shape index (κ1) is 18.3. The van der Waals surface area contributed by atoms with Gasteiger partial charge in [-0.15, -0.1) is 0 Å². The average molecular weight is 383 g/mol. The summed E-state index contributed by atoms with van der Waals surface area (Å²) in [5.74, 6) is 0.673. The predicted molar refractivity (Wildman–Crippen MR) is 104 cm³/mol. The van der Waals surface area contributed by atoms with Gasteiger partial charge in [-0.2, -0.15) is 5.10 Å². The minimum absolute atomic E-state index is 0.0632. The molecule has 2 aromatic carbocycles. The second-order valence-electron chi connectivity index (χ2n) is 5.42. The fourth-order valence-corrected chi connectivity index (χ4v) is 2.47. The molecule has 0 aliphatic carbocycles. The minimum Gasteiger partial charge on any atom is -0.488 e. The van der Waals surface area contributed by atoms with Gasteiger partial charge in [-0.05, 0) is 24.3 Å². The van der Waals surface area contributed by atoms with E-state index in [0.29, 0.717) is 22.9 Å². The van der Waals surface area contributed by atoms with Gasteiger partial charge in [0.25, 0.3) is 0 Å². The largest absolute Gasteiger partial charge is 0.488 e. The molecule has 27 heavy (non-hydrogen) atoms. The SMILES string of the molecule is O=[N+]([O-])c1cccnc1N/N=C\c1ccccc1OCc1ccccc1Cl. The predicted octanol–water partition coefficient (Wildman–Crippen LogP) is 4.67. The number of para-hydroxylation sites is 1. The van der Waals surface area contributed by atoms with Crippen molar-refractivity contribution in [3.05, 3.63) is 93.1 Å². The molecule has 1 aromatic heterocycles. The van der Waals surface area contributed by atoms with E-state index >= 15 is 0 Å². The molecule has 136 valence electrons. The van der Waals surface area contributed by atoms with E-state index in [9.17, 15) is 10.1 Å². The maximum Gasteiger partial charge on any atom is 0.313 e. The molecule has 7 nitrogen and oxygen atoms in total. The highest BCUT2D eigenvalue weighted by atomic mass is 35.5. The fraction of sp³-hybridized carbons (Fsp3) is 0.0526. The number of pyridine rings is 1. The number of ether oxygens (including phenoxy) is 1. The van der Waals surface area contributed by atoms with Gasteiger partial charge in [-0.3, -0.25) is 15.5 Å². The zero-order chi connectivity index (χ0) is 19.1. The Morgan fingerprint density at radius 3 is 2.74 bits per heavy atom. The van der Waals surface area contributed by atoms with Crippen LogP contribution < -0.4 is 10.2 Å². The van der Waals surface area contributed by atoms with Gasteiger partial charge in [0.2, 0.25) is 5.82 Å². The summed E-state index contributed by atoms with van der Waals surface area (Å²) in [6.07, 6.45) is 2.96. The Morgan fingerprint density at radius 2 is 1.93 bits per heavy atom. The summed E-state index contributed by atoms with van der Waals surface area (Å²) >= 11 is 6.14. The summed E-state index contributed by atoms with van der Waals surface area (Å²) in [6.45, 7) is 0.309. The van der Waals surface area contributed by atoms with Crippen LogP contribution >= 0.6 is 11.6 Å². The number of anilines is 1. The van der Waals surface area contributed by atoms with Crippen LogP contribution in [0.4, 0.5) is 11.5 Å². The van der Waals surface area contributed by atoms with Crippen molar-refractivity contribution in [3.8, 4) is 5.75 Å². The van der Waals surface area contributed by atoms with E-state index in [1.807, 2.05) is 36.4 Å². The van der Waals surface area contributed by atoms with Crippen molar-refractivity contribution in [2.45, 2.75) is 6.61 Å². The van der Waals surface area contributed by atoms with Gasteiger partial charge in [0, 0.05) is 28.4 Å². The van der Waals surface area contributed by atoms with E-state index in [0.717, 1.165) is 5.56 Å². The molecule has 0 aliphatic rings. The van der Waals surface area contributed by atoms with Crippen LogP contribution in [-0.2, 0) is 6.61 Å². The summed E-state index contributed by atoms with van der Waals surface area (Å²) in [6, 6.07) is 17.6. The quantitative estimate of drug-likeness (QED) is 0.364. The van der Waals surface area contributed by atoms with Crippen molar-refractivity contribution in [1.29, 1.82) is 0 Å². The van der Waals surface area contributed by atoms with Gasteiger partial charge in [0.15, 0.2) is 0 Å². The normalized spacial score (nSPS) is 10.7. The number of hydrogen-bond donors (Lipinski definition) is 1. The van der Waals surface area contributed by atoms with E-state index < -0.39 is 4.92 Å². The number of benzene rings is 2. The first-order valence-corrected chi connectivity index (χ1v) is 8.36. The maximum absolute atomic E-state index is 11.0. The van der Waals surface area contributed by atoms with Crippen LogP contribution in [0.1, 0.15) is 11.1 Å². The zero-order valence-corrected chi connectivity index (χ0v) is 14.8. The lowest BCUT2D eigenvalue weighted by molar-refractivity contribution is -0.384. The van der Waals surface area contributed by atoms with Crippen LogP contribution in [0.15, 0.2) is 72.0 Å². The van der Waals surface area contributed by atoms with Gasteiger partial charge >= 0.3 is 5.69 Å². The third kappa shape index (κ3) is 4.80. The molecule has 3 aromatic rings. The van der Waals surface area contributed by atoms with Gasteiger partial charge < -0.3 is 4.74 Å². The Bertz CT molecular complexity index is 978. The zero-order valence-electron chi connectivity index (χ0n) is 14.1. The lowest BCUT2D eigenvalue weighted by Gasteiger charge is -2.10. The number of halogens is 1. The molecule has 1 N–H and O–H groups in total. The highest BCUT2D eigenvalue weighted by Gasteiger charge is 2.13. The van der Waals surface area contributed by atoms with Crippen LogP contribution in [0.25, 0.3) is 0 Å². The van der Waals surface area contributed by atoms with Crippen molar-refractivity contribution in [2.24, 2.45) is 5.10 Å². The summed E-state index contributed by atoms with van der Waals surface area (Å²) in [4.78, 5) is 14.4. The van der Waals surface area contributed by atoms with Crippen molar-refractivity contribution in [3.63, 3.8) is 0 Å². The van der Waals surface area contributed by atoms with Crippen molar-refractivity contribution >= 4 is 29.3 Å². The van der Waals surface area contributed by atoms with E-state index in [2.05, 4.69) is 15.5 Å². The molecule has 0 atom stereocenters. The molecule has 0 saturated heterocycles. The monoisotopic (exact) mass is 382 g/mol. The van der Waals surface area contributed by atoms with Crippen LogP contribution in [0, 0.1) is 10.1 Å². The molecule has 0 spiro atoms. The molecular weight excluding hydrogens is 368 g/mol. The van der Waals surface area contributed by atoms with Crippen LogP contribution in [0.5, 0.6) is 5.75 Å². The van der Waals surface area contributed by atoms with E-state index in [1.165, 1.54) is 24.5 Å². The summed E-state index contributed by atoms with van der Waals surface area (Å²) in [5, 5.41) is 15.7. The van der Waals surface area contributed by atoms with Gasteiger partial charge in [-0.25, -0.2) is 4.98 Å². The summed E-state index contributed by atoms with van der Waals surface area (Å²) in [7, 11) is 0. The number of nitro groups is 1. The molecule has 0 bridgehead atoms. The van der Waals surface area contributed by atoms with Crippen LogP contribution in [0.3, 0.4) is 0 Å². The fourth-order valence-electron chi connectivity index (χ4n) is 2.28. The lowest BCUT2D eigenvalue weighted by Crippen LogP contribution is -2.01. The number of nitrogens with zero attached hydrogens (tertiary/aromatic N) is 3. The van der Waals surface area contributed by atoms with Crippen molar-refractivity contribution in [2.75, 3.05) is 5.43 Å². The van der Waals surface area contributed by atoms with Crippen molar-refractivity contribution in [1.82, 2.24) is 4.98 Å². The first-order chi connectivity index (χ1) is 13.1. The third-order valence-corrected chi connectivity index (χ3v) is 3.99. The number of hydrazone groups is 1. The minimum atomic E-state index is -0.522. The summed E-state index contributed by atoms with van der Waals surface area (Å²) in [5.41, 5.74) is 4.01. The summed E-state index contributed by atoms with van der Waals surface area (Å²) < 4.78 is 5.84. The molecule has 8 heteroatoms. The maximum atomic E-state index is 11.0. The molecule has 0 radical (unpaired) electrons. The second kappa shape index (κ2) is 8.77. The van der Waals surface area contributed by atoms with Crippen LogP contribution in [0.2, 0.25) is 5.02 Å². The smallest absolute Gasteiger partial charge is 0.313 e. The Morgan fingerprint density at radius 1 is 1.15 bits per heavy atom. The van der Waals surface area contributed by atoms with Gasteiger partial charge in [0.1, 0.15) is 12.4 Å². The molecule has 0 amide bonds. The van der Waals surface area contributed by atoms with E-state index in [4.69, 9.17) is 16.3 Å². The molecular formula is C19H15ClN4O3. The Hall–Kier alpha value is -3.45.